The van der Waals surface area contributed by atoms with E-state index in [9.17, 15) is 0 Å². The van der Waals surface area contributed by atoms with Crippen LogP contribution in [0.2, 0.25) is 0 Å². The molecule has 8 nitrogen and oxygen atoms in total. The Morgan fingerprint density at radius 2 is 0.912 bits per heavy atom. The quantitative estimate of drug-likeness (QED) is 0.312. The van der Waals surface area contributed by atoms with Crippen molar-refractivity contribution in [2.45, 2.75) is 12.3 Å². The molecule has 34 heavy (non-hydrogen) atoms. The Morgan fingerprint density at radius 3 is 1.41 bits per heavy atom. The summed E-state index contributed by atoms with van der Waals surface area (Å²) < 4.78 is 0. The summed E-state index contributed by atoms with van der Waals surface area (Å²) in [4.78, 5) is 19.4. The molecule has 3 aliphatic rings. The van der Waals surface area contributed by atoms with Crippen molar-refractivity contribution in [1.82, 2.24) is 9.97 Å². The van der Waals surface area contributed by atoms with E-state index in [1.165, 1.54) is 0 Å². The zero-order valence-electron chi connectivity index (χ0n) is 18.0. The number of nitrogens with zero attached hydrogens (tertiary/aromatic N) is 4. The number of aromatic nitrogens is 2. The van der Waals surface area contributed by atoms with Crippen LogP contribution in [0.3, 0.4) is 0 Å². The molecule has 0 fully saturated rings. The van der Waals surface area contributed by atoms with Crippen LogP contribution in [0, 0.1) is 0 Å². The zero-order chi connectivity index (χ0) is 22.5. The van der Waals surface area contributed by atoms with Gasteiger partial charge in [0.15, 0.2) is 0 Å². The predicted molar refractivity (Wildman–Crippen MR) is 134 cm³/mol. The first-order valence-corrected chi connectivity index (χ1v) is 11.2. The van der Waals surface area contributed by atoms with Gasteiger partial charge in [-0.1, -0.05) is 60.7 Å². The number of rotatable bonds is 0. The Morgan fingerprint density at radius 1 is 0.471 bits per heavy atom. The van der Waals surface area contributed by atoms with Gasteiger partial charge in [0, 0.05) is 22.3 Å². The summed E-state index contributed by atoms with van der Waals surface area (Å²) in [7, 11) is 0. The largest absolute Gasteiger partial charge is 0.345 e. The number of aliphatic imine (C=N–C) groups is 2. The summed E-state index contributed by atoms with van der Waals surface area (Å²) >= 11 is 0. The molecule has 4 aromatic rings. The van der Waals surface area contributed by atoms with Gasteiger partial charge in [-0.25, -0.2) is 20.0 Å². The zero-order valence-corrected chi connectivity index (χ0v) is 18.0. The van der Waals surface area contributed by atoms with Gasteiger partial charge in [0.1, 0.15) is 47.3 Å². The maximum Gasteiger partial charge on any atom is 0.148 e. The highest BCUT2D eigenvalue weighted by molar-refractivity contribution is 6.11. The van der Waals surface area contributed by atoms with Gasteiger partial charge in [0.25, 0.3) is 0 Å². The smallest absolute Gasteiger partial charge is 0.148 e. The SMILES string of the molecule is c1cc2nc(c1)NC1N=C(Nc3cccc(n3)NC3N=C(N2)c2ccccc23)c2ccccc21. The lowest BCUT2D eigenvalue weighted by molar-refractivity contribution is 0.849. The molecule has 0 spiro atoms. The number of pyridine rings is 2. The second-order valence-corrected chi connectivity index (χ2v) is 8.29. The Bertz CT molecular complexity index is 1380. The van der Waals surface area contributed by atoms with Crippen LogP contribution < -0.4 is 21.3 Å². The minimum atomic E-state index is -0.260. The number of hydrogen-bond donors (Lipinski definition) is 4. The van der Waals surface area contributed by atoms with E-state index in [-0.39, 0.29) is 12.3 Å². The number of anilines is 4. The first-order chi connectivity index (χ1) is 16.8. The van der Waals surface area contributed by atoms with Crippen LogP contribution in [-0.2, 0) is 0 Å². The van der Waals surface area contributed by atoms with Gasteiger partial charge in [-0.05, 0) is 24.3 Å². The topological polar surface area (TPSA) is 98.6 Å². The Kier molecular flexibility index (Phi) is 4.10. The predicted octanol–water partition coefficient (Wildman–Crippen LogP) is 4.76. The molecule has 2 atom stereocenters. The van der Waals surface area contributed by atoms with Crippen LogP contribution >= 0.6 is 0 Å². The fraction of sp³-hybridized carbons (Fsp3) is 0.0769. The van der Waals surface area contributed by atoms with Crippen molar-refractivity contribution in [3.63, 3.8) is 0 Å². The van der Waals surface area contributed by atoms with E-state index in [0.717, 1.165) is 45.6 Å². The molecule has 8 heteroatoms. The van der Waals surface area contributed by atoms with Crippen molar-refractivity contribution in [1.29, 1.82) is 0 Å². The summed E-state index contributed by atoms with van der Waals surface area (Å²) in [5, 5.41) is 13.7. The van der Waals surface area contributed by atoms with Crippen LogP contribution in [-0.4, -0.2) is 21.6 Å². The summed E-state index contributed by atoms with van der Waals surface area (Å²) in [5.41, 5.74) is 4.25. The fourth-order valence-corrected chi connectivity index (χ4v) is 4.55. The molecule has 0 amide bonds. The number of nitrogens with one attached hydrogen (secondary N) is 4. The third-order valence-corrected chi connectivity index (χ3v) is 6.10. The Labute approximate surface area is 195 Å². The molecule has 3 aliphatic heterocycles. The second-order valence-electron chi connectivity index (χ2n) is 8.29. The van der Waals surface area contributed by atoms with Gasteiger partial charge in [-0.3, -0.25) is 0 Å². The molecule has 0 saturated carbocycles. The highest BCUT2D eigenvalue weighted by Crippen LogP contribution is 2.33. The van der Waals surface area contributed by atoms with Gasteiger partial charge in [0.05, 0.1) is 0 Å². The molecule has 2 aromatic heterocycles. The fourth-order valence-electron chi connectivity index (χ4n) is 4.55. The van der Waals surface area contributed by atoms with Crippen molar-refractivity contribution in [3.05, 3.63) is 107 Å². The number of amidine groups is 2. The molecular formula is C26H20N8. The molecule has 0 radical (unpaired) electrons. The van der Waals surface area contributed by atoms with Crippen molar-refractivity contribution in [2.24, 2.45) is 9.98 Å². The van der Waals surface area contributed by atoms with Gasteiger partial charge in [0.2, 0.25) is 0 Å². The van der Waals surface area contributed by atoms with Crippen molar-refractivity contribution >= 4 is 34.9 Å². The van der Waals surface area contributed by atoms with Crippen LogP contribution in [0.25, 0.3) is 0 Å². The van der Waals surface area contributed by atoms with Crippen LogP contribution in [0.4, 0.5) is 23.3 Å². The van der Waals surface area contributed by atoms with E-state index in [4.69, 9.17) is 20.0 Å². The molecule has 0 saturated heterocycles. The average Bonchev–Trinajstić information content (AvgIpc) is 3.37. The molecule has 5 heterocycles. The van der Waals surface area contributed by atoms with Gasteiger partial charge < -0.3 is 21.3 Å². The van der Waals surface area contributed by atoms with E-state index >= 15 is 0 Å². The van der Waals surface area contributed by atoms with Gasteiger partial charge >= 0.3 is 0 Å². The Hall–Kier alpha value is -4.72. The lowest BCUT2D eigenvalue weighted by Crippen LogP contribution is -2.14. The van der Waals surface area contributed by atoms with E-state index in [1.807, 2.05) is 60.7 Å². The summed E-state index contributed by atoms with van der Waals surface area (Å²) in [6, 6.07) is 28.1. The average molecular weight is 445 g/mol. The highest BCUT2D eigenvalue weighted by atomic mass is 15.2. The first kappa shape index (κ1) is 18.8. The molecular weight excluding hydrogens is 424 g/mol. The van der Waals surface area contributed by atoms with Crippen LogP contribution in [0.15, 0.2) is 94.9 Å². The lowest BCUT2D eigenvalue weighted by Gasteiger charge is -2.14. The minimum absolute atomic E-state index is 0.260. The summed E-state index contributed by atoms with van der Waals surface area (Å²) in [6.07, 6.45) is -0.519. The maximum absolute atomic E-state index is 4.92. The maximum atomic E-state index is 4.92. The van der Waals surface area contributed by atoms with E-state index in [2.05, 4.69) is 45.5 Å². The van der Waals surface area contributed by atoms with Gasteiger partial charge in [-0.2, -0.15) is 0 Å². The van der Waals surface area contributed by atoms with Gasteiger partial charge in [-0.15, -0.1) is 0 Å². The molecule has 7 rings (SSSR count). The van der Waals surface area contributed by atoms with E-state index < -0.39 is 0 Å². The van der Waals surface area contributed by atoms with Crippen molar-refractivity contribution in [3.8, 4) is 0 Å². The molecule has 0 aliphatic carbocycles. The summed E-state index contributed by atoms with van der Waals surface area (Å²) in [6.45, 7) is 0. The second kappa shape index (κ2) is 7.41. The molecule has 8 bridgehead atoms. The lowest BCUT2D eigenvalue weighted by atomic mass is 10.1. The van der Waals surface area contributed by atoms with E-state index in [1.54, 1.807) is 0 Å². The molecule has 2 unspecified atom stereocenters. The van der Waals surface area contributed by atoms with Crippen LogP contribution in [0.5, 0.6) is 0 Å². The first-order valence-electron chi connectivity index (χ1n) is 11.2. The molecule has 4 N–H and O–H groups in total. The monoisotopic (exact) mass is 444 g/mol. The van der Waals surface area contributed by atoms with Crippen molar-refractivity contribution < 1.29 is 0 Å². The Balaban J connectivity index is 1.36. The standard InChI is InChI=1S/C26H20N8/c1-2-8-16-15(7-1)23-29-19-11-5-13-21(27-19)31-25-17-9-3-4-10-18(17)26(34-25)32-22-14-6-12-20(28-22)30-24(16)33-23/h1-14,23,26H,(H2,27,29,31,34)(H2,28,30,32,33). The third kappa shape index (κ3) is 3.15. The highest BCUT2D eigenvalue weighted by Gasteiger charge is 2.27. The molecule has 2 aromatic carbocycles. The summed E-state index contributed by atoms with van der Waals surface area (Å²) in [5.74, 6) is 4.41. The number of hydrogen-bond acceptors (Lipinski definition) is 8. The van der Waals surface area contributed by atoms with E-state index in [0.29, 0.717) is 11.6 Å². The van der Waals surface area contributed by atoms with Crippen LogP contribution in [0.1, 0.15) is 34.6 Å². The normalized spacial score (nSPS) is 19.3. The number of benzene rings is 2. The van der Waals surface area contributed by atoms with Crippen molar-refractivity contribution in [2.75, 3.05) is 21.3 Å². The number of fused-ring (bicyclic) bond motifs is 12. The minimum Gasteiger partial charge on any atom is -0.345 e. The molecule has 164 valence electrons. The third-order valence-electron chi connectivity index (χ3n) is 6.10.